The maximum absolute atomic E-state index is 12.4. The van der Waals surface area contributed by atoms with Gasteiger partial charge in [0.05, 0.1) is 0 Å². The van der Waals surface area contributed by atoms with Crippen molar-refractivity contribution >= 4 is 23.0 Å². The van der Waals surface area contributed by atoms with E-state index in [0.29, 0.717) is 0 Å². The Labute approximate surface area is 116 Å². The van der Waals surface area contributed by atoms with Crippen molar-refractivity contribution in [1.29, 1.82) is 0 Å². The molecule has 0 atom stereocenters. The first-order valence-corrected chi connectivity index (χ1v) is 4.14. The molecule has 1 rings (SSSR count). The van der Waals surface area contributed by atoms with Gasteiger partial charge in [0.15, 0.2) is 11.4 Å². The molecule has 0 aliphatic rings. The number of hydrogen-bond acceptors (Lipinski definition) is 4. The van der Waals surface area contributed by atoms with E-state index in [4.69, 9.17) is 11.6 Å². The van der Waals surface area contributed by atoms with Gasteiger partial charge in [-0.25, -0.2) is 0 Å². The van der Waals surface area contributed by atoms with Crippen molar-refractivity contribution in [3.05, 3.63) is 42.9 Å². The summed E-state index contributed by atoms with van der Waals surface area (Å²) in [7, 11) is 0. The van der Waals surface area contributed by atoms with Gasteiger partial charge in [-0.1, -0.05) is 6.07 Å². The average molecular weight is 453 g/mol. The van der Waals surface area contributed by atoms with Crippen LogP contribution in [0.15, 0.2) is 6.07 Å². The van der Waals surface area contributed by atoms with Crippen LogP contribution in [-0.4, -0.2) is 9.85 Å². The minimum Gasteiger partial charge on any atom is -0.260 e. The maximum atomic E-state index is 12.4. The molecule has 0 aromatic heterocycles. The molecule has 0 unspecified atom stereocenters. The van der Waals surface area contributed by atoms with Crippen LogP contribution in [0.3, 0.4) is 0 Å². The summed E-state index contributed by atoms with van der Waals surface area (Å²) in [5.41, 5.74) is -4.10. The number of hydrogen-bond donors (Lipinski definition) is 0. The van der Waals surface area contributed by atoms with Crippen LogP contribution < -0.4 is 0 Å². The summed E-state index contributed by atoms with van der Waals surface area (Å²) in [5.74, 6) is 0. The quantitative estimate of drug-likeness (QED) is 0.392. The Kier molecular flexibility index (Phi) is 5.24. The molecular formula is C7HClF3N2O4W-. The van der Waals surface area contributed by atoms with E-state index in [-0.39, 0.29) is 27.1 Å². The van der Waals surface area contributed by atoms with Crippen LogP contribution in [0.2, 0.25) is 5.02 Å². The molecule has 11 heteroatoms. The first-order chi connectivity index (χ1) is 7.64. The van der Waals surface area contributed by atoms with Gasteiger partial charge in [-0.15, -0.1) is 0 Å². The number of benzene rings is 1. The van der Waals surface area contributed by atoms with Crippen molar-refractivity contribution in [2.45, 2.75) is 6.18 Å². The van der Waals surface area contributed by atoms with Crippen LogP contribution >= 0.6 is 11.6 Å². The summed E-state index contributed by atoms with van der Waals surface area (Å²) in [6.07, 6.45) is -5.03. The average Bonchev–Trinajstić information content (AvgIpc) is 2.15. The van der Waals surface area contributed by atoms with E-state index >= 15 is 0 Å². The second-order valence-corrected chi connectivity index (χ2v) is 3.12. The van der Waals surface area contributed by atoms with E-state index in [1.165, 1.54) is 0 Å². The predicted octanol–water partition coefficient (Wildman–Crippen LogP) is 2.97. The van der Waals surface area contributed by atoms with Gasteiger partial charge in [-0.2, -0.15) is 24.8 Å². The SMILES string of the molecule is O=[N+]([O-])c1[c-]c([N+](=O)[O-])c(Cl)c(C(F)(F)F)c1.[W]. The molecule has 0 aliphatic heterocycles. The van der Waals surface area contributed by atoms with Crippen molar-refractivity contribution in [3.63, 3.8) is 0 Å². The number of alkyl halides is 3. The van der Waals surface area contributed by atoms with Gasteiger partial charge in [0.25, 0.3) is 0 Å². The van der Waals surface area contributed by atoms with Gasteiger partial charge in [0, 0.05) is 35.9 Å². The summed E-state index contributed by atoms with van der Waals surface area (Å²) in [4.78, 5) is 18.2. The minimum absolute atomic E-state index is 0. The van der Waals surface area contributed by atoms with Crippen molar-refractivity contribution < 1.29 is 44.1 Å². The van der Waals surface area contributed by atoms with Gasteiger partial charge < -0.3 is 0 Å². The molecule has 98 valence electrons. The third kappa shape index (κ3) is 3.39. The molecule has 0 aliphatic carbocycles. The number of non-ortho nitro benzene ring substituents is 1. The molecule has 0 spiro atoms. The number of rotatable bonds is 2. The van der Waals surface area contributed by atoms with E-state index in [0.717, 1.165) is 0 Å². The minimum atomic E-state index is -5.03. The topological polar surface area (TPSA) is 86.3 Å². The fraction of sp³-hybridized carbons (Fsp3) is 0.143. The van der Waals surface area contributed by atoms with E-state index in [1.807, 2.05) is 0 Å². The van der Waals surface area contributed by atoms with E-state index in [2.05, 4.69) is 0 Å². The predicted molar refractivity (Wildman–Crippen MR) is 48.6 cm³/mol. The van der Waals surface area contributed by atoms with Crippen molar-refractivity contribution in [3.8, 4) is 0 Å². The van der Waals surface area contributed by atoms with Gasteiger partial charge in [0.1, 0.15) is 0 Å². The first-order valence-electron chi connectivity index (χ1n) is 3.76. The van der Waals surface area contributed by atoms with Crippen molar-refractivity contribution in [1.82, 2.24) is 0 Å². The second-order valence-electron chi connectivity index (χ2n) is 2.74. The third-order valence-electron chi connectivity index (χ3n) is 1.66. The third-order valence-corrected chi connectivity index (χ3v) is 2.04. The van der Waals surface area contributed by atoms with E-state index in [9.17, 15) is 33.4 Å². The molecule has 0 saturated heterocycles. The fourth-order valence-electron chi connectivity index (χ4n) is 0.970. The number of nitrogens with zero attached hydrogens (tertiary/aromatic N) is 2. The summed E-state index contributed by atoms with van der Waals surface area (Å²) < 4.78 is 37.2. The largest absolute Gasteiger partial charge is 0.396 e. The molecule has 0 saturated carbocycles. The molecule has 0 heterocycles. The van der Waals surface area contributed by atoms with Gasteiger partial charge >= 0.3 is 6.18 Å². The van der Waals surface area contributed by atoms with Gasteiger partial charge in [0.2, 0.25) is 0 Å². The molecular weight excluding hydrogens is 452 g/mol. The zero-order valence-corrected chi connectivity index (χ0v) is 11.7. The van der Waals surface area contributed by atoms with Crippen molar-refractivity contribution in [2.75, 3.05) is 0 Å². The molecule has 0 radical (unpaired) electrons. The molecule has 0 amide bonds. The number of halogens is 4. The Hall–Kier alpha value is -1.21. The summed E-state index contributed by atoms with van der Waals surface area (Å²) in [6, 6.07) is 1.69. The molecule has 0 bridgehead atoms. The Bertz CT molecular complexity index is 508. The fourth-order valence-corrected chi connectivity index (χ4v) is 1.25. The summed E-state index contributed by atoms with van der Waals surface area (Å²) in [5, 5.41) is 19.5. The normalized spacial score (nSPS) is 10.7. The van der Waals surface area contributed by atoms with Gasteiger partial charge in [-0.3, -0.25) is 20.2 Å². The Morgan fingerprint density at radius 2 is 1.72 bits per heavy atom. The second kappa shape index (κ2) is 5.62. The van der Waals surface area contributed by atoms with Gasteiger partial charge in [-0.05, 0) is 11.6 Å². The van der Waals surface area contributed by atoms with E-state index < -0.39 is 38.0 Å². The van der Waals surface area contributed by atoms with Crippen LogP contribution in [-0.2, 0) is 27.2 Å². The van der Waals surface area contributed by atoms with Crippen LogP contribution in [0.4, 0.5) is 24.5 Å². The van der Waals surface area contributed by atoms with E-state index in [1.54, 1.807) is 6.07 Å². The number of nitro groups is 2. The monoisotopic (exact) mass is 453 g/mol. The molecule has 1 aromatic rings. The van der Waals surface area contributed by atoms with Crippen LogP contribution in [0, 0.1) is 26.3 Å². The Balaban J connectivity index is 0.00000289. The summed E-state index contributed by atoms with van der Waals surface area (Å²) >= 11 is 5.15. The zero-order valence-electron chi connectivity index (χ0n) is 8.02. The Morgan fingerprint density at radius 1 is 1.22 bits per heavy atom. The first kappa shape index (κ1) is 16.8. The van der Waals surface area contributed by atoms with Crippen LogP contribution in [0.25, 0.3) is 0 Å². The summed E-state index contributed by atoms with van der Waals surface area (Å²) in [6.45, 7) is 0. The zero-order chi connectivity index (χ0) is 13.4. The molecule has 6 nitrogen and oxygen atoms in total. The molecule has 0 N–H and O–H groups in total. The van der Waals surface area contributed by atoms with Crippen molar-refractivity contribution in [2.24, 2.45) is 0 Å². The van der Waals surface area contributed by atoms with Crippen LogP contribution in [0.1, 0.15) is 5.56 Å². The molecule has 0 fully saturated rings. The van der Waals surface area contributed by atoms with Crippen LogP contribution in [0.5, 0.6) is 0 Å². The maximum Gasteiger partial charge on any atom is 0.396 e. The number of nitro benzene ring substituents is 2. The Morgan fingerprint density at radius 3 is 2.06 bits per heavy atom. The standard InChI is InChI=1S/C7HClF3N2O4.W/c8-6-4(7(9,10)11)1-3(12(14)15)2-5(6)13(16)17;/h1H;/q-1;. The molecule has 18 heavy (non-hydrogen) atoms. The molecule has 1 aromatic carbocycles. The smallest absolute Gasteiger partial charge is 0.260 e.